The van der Waals surface area contributed by atoms with E-state index in [-0.39, 0.29) is 12.1 Å². The zero-order valence-corrected chi connectivity index (χ0v) is 8.35. The van der Waals surface area contributed by atoms with Gasteiger partial charge in [0.25, 0.3) is 0 Å². The minimum absolute atomic E-state index is 0.0786. The molecule has 1 aliphatic rings. The van der Waals surface area contributed by atoms with Gasteiger partial charge in [-0.05, 0) is 6.07 Å². The van der Waals surface area contributed by atoms with Crippen LogP contribution in [0.5, 0.6) is 0 Å². The van der Waals surface area contributed by atoms with E-state index in [4.69, 9.17) is 15.2 Å². The van der Waals surface area contributed by atoms with E-state index in [9.17, 15) is 0 Å². The van der Waals surface area contributed by atoms with Crippen LogP contribution in [0.4, 0.5) is 11.8 Å². The number of nitrogen functional groups attached to an aromatic ring is 1. The van der Waals surface area contributed by atoms with Crippen LogP contribution in [0.25, 0.3) is 0 Å². The van der Waals surface area contributed by atoms with E-state index in [1.54, 1.807) is 12.3 Å². The summed E-state index contributed by atoms with van der Waals surface area (Å²) in [5.41, 5.74) is 5.45. The molecule has 2 heterocycles. The van der Waals surface area contributed by atoms with Crippen molar-refractivity contribution in [1.29, 1.82) is 0 Å². The summed E-state index contributed by atoms with van der Waals surface area (Å²) in [4.78, 5) is 7.82. The third-order valence-electron chi connectivity index (χ3n) is 2.07. The molecule has 1 aromatic heterocycles. The molecule has 1 aromatic rings. The second-order valence-corrected chi connectivity index (χ2v) is 3.25. The van der Waals surface area contributed by atoms with Gasteiger partial charge in [-0.2, -0.15) is 4.98 Å². The summed E-state index contributed by atoms with van der Waals surface area (Å²) in [6, 6.07) is 1.76. The zero-order valence-electron chi connectivity index (χ0n) is 8.35. The van der Waals surface area contributed by atoms with E-state index < -0.39 is 0 Å². The first-order valence-electron chi connectivity index (χ1n) is 4.86. The third-order valence-corrected chi connectivity index (χ3v) is 2.07. The Morgan fingerprint density at radius 3 is 3.20 bits per heavy atom. The van der Waals surface area contributed by atoms with Crippen molar-refractivity contribution in [3.63, 3.8) is 0 Å². The van der Waals surface area contributed by atoms with Crippen LogP contribution < -0.4 is 11.1 Å². The maximum absolute atomic E-state index is 5.47. The Kier molecular flexibility index (Phi) is 3.31. The molecule has 1 saturated heterocycles. The maximum Gasteiger partial charge on any atom is 0.221 e. The van der Waals surface area contributed by atoms with Crippen molar-refractivity contribution in [3.05, 3.63) is 12.3 Å². The molecular formula is C9H14N4O2. The van der Waals surface area contributed by atoms with Crippen LogP contribution in [0, 0.1) is 0 Å². The lowest BCUT2D eigenvalue weighted by Gasteiger charge is -2.23. The molecule has 3 N–H and O–H groups in total. The van der Waals surface area contributed by atoms with Crippen LogP contribution in [0.3, 0.4) is 0 Å². The van der Waals surface area contributed by atoms with Gasteiger partial charge in [-0.3, -0.25) is 0 Å². The van der Waals surface area contributed by atoms with Gasteiger partial charge in [-0.25, -0.2) is 4.98 Å². The van der Waals surface area contributed by atoms with Crippen molar-refractivity contribution in [2.75, 3.05) is 37.4 Å². The Bertz CT molecular complexity index is 315. The van der Waals surface area contributed by atoms with Gasteiger partial charge in [0.2, 0.25) is 5.95 Å². The number of hydrogen-bond donors (Lipinski definition) is 2. The van der Waals surface area contributed by atoms with Crippen molar-refractivity contribution < 1.29 is 9.47 Å². The minimum Gasteiger partial charge on any atom is -0.376 e. The fourth-order valence-electron chi connectivity index (χ4n) is 1.35. The highest BCUT2D eigenvalue weighted by atomic mass is 16.6. The summed E-state index contributed by atoms with van der Waals surface area (Å²) in [5.74, 6) is 0.970. The van der Waals surface area contributed by atoms with E-state index in [0.717, 1.165) is 0 Å². The number of nitrogens with zero attached hydrogens (tertiary/aromatic N) is 2. The molecule has 1 unspecified atom stereocenters. The van der Waals surface area contributed by atoms with E-state index in [1.807, 2.05) is 0 Å². The summed E-state index contributed by atoms with van der Waals surface area (Å²) >= 11 is 0. The van der Waals surface area contributed by atoms with Gasteiger partial charge >= 0.3 is 0 Å². The predicted octanol–water partition coefficient (Wildman–Crippen LogP) is -0.114. The van der Waals surface area contributed by atoms with Gasteiger partial charge in [0.15, 0.2) is 0 Å². The predicted molar refractivity (Wildman–Crippen MR) is 55.5 cm³/mol. The summed E-state index contributed by atoms with van der Waals surface area (Å²) in [6.45, 7) is 2.61. The van der Waals surface area contributed by atoms with Gasteiger partial charge in [-0.1, -0.05) is 0 Å². The van der Waals surface area contributed by atoms with Crippen molar-refractivity contribution in [2.45, 2.75) is 6.10 Å². The first-order chi connectivity index (χ1) is 7.34. The zero-order chi connectivity index (χ0) is 10.5. The fraction of sp³-hybridized carbons (Fsp3) is 0.556. The second-order valence-electron chi connectivity index (χ2n) is 3.25. The maximum atomic E-state index is 5.47. The van der Waals surface area contributed by atoms with Gasteiger partial charge in [0.05, 0.1) is 25.9 Å². The van der Waals surface area contributed by atoms with E-state index in [1.165, 1.54) is 0 Å². The second kappa shape index (κ2) is 4.90. The monoisotopic (exact) mass is 210 g/mol. The topological polar surface area (TPSA) is 82.3 Å². The van der Waals surface area contributed by atoms with Gasteiger partial charge in [0.1, 0.15) is 5.82 Å². The Hall–Kier alpha value is -1.40. The van der Waals surface area contributed by atoms with Crippen molar-refractivity contribution >= 4 is 11.8 Å². The summed E-state index contributed by atoms with van der Waals surface area (Å²) in [5, 5.41) is 3.12. The smallest absolute Gasteiger partial charge is 0.221 e. The number of ether oxygens (including phenoxy) is 2. The van der Waals surface area contributed by atoms with Crippen molar-refractivity contribution in [2.24, 2.45) is 0 Å². The average molecular weight is 210 g/mol. The number of aromatic nitrogens is 2. The SMILES string of the molecule is Nc1nccc(NCC2COCCO2)n1. The van der Waals surface area contributed by atoms with Crippen LogP contribution in [-0.2, 0) is 9.47 Å². The number of nitrogens with two attached hydrogens (primary N) is 1. The highest BCUT2D eigenvalue weighted by molar-refractivity contribution is 5.37. The molecule has 15 heavy (non-hydrogen) atoms. The first kappa shape index (κ1) is 10.1. The Labute approximate surface area is 87.8 Å². The number of nitrogens with one attached hydrogen (secondary N) is 1. The lowest BCUT2D eigenvalue weighted by atomic mass is 10.3. The molecule has 82 valence electrons. The molecule has 6 heteroatoms. The standard InChI is InChI=1S/C9H14N4O2/c10-9-11-2-1-8(13-9)12-5-7-6-14-3-4-15-7/h1-2,7H,3-6H2,(H3,10,11,12,13). The summed E-state index contributed by atoms with van der Waals surface area (Å²) < 4.78 is 10.7. The molecule has 1 atom stereocenters. The molecule has 0 amide bonds. The molecule has 0 radical (unpaired) electrons. The van der Waals surface area contributed by atoms with E-state index >= 15 is 0 Å². The van der Waals surface area contributed by atoms with Gasteiger partial charge in [-0.15, -0.1) is 0 Å². The van der Waals surface area contributed by atoms with E-state index in [0.29, 0.717) is 32.2 Å². The molecule has 0 aromatic carbocycles. The number of rotatable bonds is 3. The highest BCUT2D eigenvalue weighted by Crippen LogP contribution is 2.05. The summed E-state index contributed by atoms with van der Waals surface area (Å²) in [7, 11) is 0. The Morgan fingerprint density at radius 2 is 2.47 bits per heavy atom. The van der Waals surface area contributed by atoms with Crippen LogP contribution in [0.15, 0.2) is 12.3 Å². The molecule has 2 rings (SSSR count). The number of hydrogen-bond acceptors (Lipinski definition) is 6. The molecule has 1 aliphatic heterocycles. The van der Waals surface area contributed by atoms with Crippen LogP contribution in [0.1, 0.15) is 0 Å². The normalized spacial score (nSPS) is 21.2. The molecule has 0 saturated carbocycles. The molecule has 1 fully saturated rings. The largest absolute Gasteiger partial charge is 0.376 e. The molecule has 0 aliphatic carbocycles. The van der Waals surface area contributed by atoms with Crippen LogP contribution >= 0.6 is 0 Å². The molecule has 0 bridgehead atoms. The van der Waals surface area contributed by atoms with Crippen LogP contribution in [0.2, 0.25) is 0 Å². The Balaban J connectivity index is 1.81. The molecular weight excluding hydrogens is 196 g/mol. The number of anilines is 2. The summed E-state index contributed by atoms with van der Waals surface area (Å²) in [6.07, 6.45) is 1.69. The highest BCUT2D eigenvalue weighted by Gasteiger charge is 2.13. The fourth-order valence-corrected chi connectivity index (χ4v) is 1.35. The van der Waals surface area contributed by atoms with Gasteiger partial charge in [0, 0.05) is 12.7 Å². The lowest BCUT2D eigenvalue weighted by molar-refractivity contribution is -0.0819. The van der Waals surface area contributed by atoms with Crippen molar-refractivity contribution in [3.8, 4) is 0 Å². The quantitative estimate of drug-likeness (QED) is 0.724. The van der Waals surface area contributed by atoms with E-state index in [2.05, 4.69) is 15.3 Å². The third kappa shape index (κ3) is 3.03. The first-order valence-corrected chi connectivity index (χ1v) is 4.86. The van der Waals surface area contributed by atoms with Gasteiger partial charge < -0.3 is 20.5 Å². The average Bonchev–Trinajstić information content (AvgIpc) is 2.28. The minimum atomic E-state index is 0.0786. The Morgan fingerprint density at radius 1 is 1.53 bits per heavy atom. The lowest BCUT2D eigenvalue weighted by Crippen LogP contribution is -2.34. The molecule has 0 spiro atoms. The van der Waals surface area contributed by atoms with Crippen LogP contribution in [-0.4, -0.2) is 42.4 Å². The van der Waals surface area contributed by atoms with Crippen molar-refractivity contribution in [1.82, 2.24) is 9.97 Å². The molecule has 6 nitrogen and oxygen atoms in total.